The lowest BCUT2D eigenvalue weighted by atomic mass is 9.85. The summed E-state index contributed by atoms with van der Waals surface area (Å²) in [5.74, 6) is 0.0482. The maximum absolute atomic E-state index is 12.6. The van der Waals surface area contributed by atoms with E-state index in [0.29, 0.717) is 26.0 Å². The van der Waals surface area contributed by atoms with Crippen molar-refractivity contribution in [3.8, 4) is 0 Å². The van der Waals surface area contributed by atoms with Gasteiger partial charge < -0.3 is 10.1 Å². The van der Waals surface area contributed by atoms with Crippen LogP contribution in [0.25, 0.3) is 0 Å². The highest BCUT2D eigenvalue weighted by Gasteiger charge is 2.58. The Morgan fingerprint density at radius 3 is 2.37 bits per heavy atom. The Bertz CT molecular complexity index is 610. The average Bonchev–Trinajstić information content (AvgIpc) is 3.23. The molecule has 1 saturated heterocycles. The number of carbonyl (C=O) groups is 3. The van der Waals surface area contributed by atoms with Crippen molar-refractivity contribution in [2.45, 2.75) is 65.0 Å². The van der Waals surface area contributed by atoms with Crippen LogP contribution in [0.5, 0.6) is 0 Å². The fraction of sp³-hybridized carbons (Fsp3) is 0.762. The molecule has 2 fully saturated rings. The number of carbonyl (C=O) groups excluding carboxylic acids is 3. The molecule has 150 valence electrons. The van der Waals surface area contributed by atoms with Crippen LogP contribution in [0.15, 0.2) is 12.2 Å². The molecular formula is C21H32N2O4. The number of rotatable bonds is 9. The van der Waals surface area contributed by atoms with Crippen LogP contribution in [0.2, 0.25) is 0 Å². The monoisotopic (exact) mass is 376 g/mol. The normalized spacial score (nSPS) is 29.1. The molecule has 0 aromatic rings. The largest absolute Gasteiger partial charge is 0.379 e. The predicted octanol–water partition coefficient (Wildman–Crippen LogP) is 2.28. The zero-order valence-corrected chi connectivity index (χ0v) is 16.9. The van der Waals surface area contributed by atoms with E-state index in [9.17, 15) is 14.4 Å². The van der Waals surface area contributed by atoms with Crippen molar-refractivity contribution in [1.82, 2.24) is 10.2 Å². The van der Waals surface area contributed by atoms with Crippen molar-refractivity contribution in [2.24, 2.45) is 23.7 Å². The average molecular weight is 376 g/mol. The first-order valence-electron chi connectivity index (χ1n) is 10.2. The SMILES string of the molecule is CC(C)OCCC(C)(C)NC(=O)CCCN1C(=O)[C@@H]2[C@H](C1=O)[C@H]1C=C[C@@H]2C1. The third-order valence-corrected chi connectivity index (χ3v) is 6.00. The molecule has 2 bridgehead atoms. The van der Waals surface area contributed by atoms with Gasteiger partial charge in [-0.05, 0) is 58.8 Å². The number of fused-ring (bicyclic) bond motifs is 5. The summed E-state index contributed by atoms with van der Waals surface area (Å²) in [6, 6.07) is 0. The number of likely N-dealkylation sites (tertiary alicyclic amines) is 1. The molecular weight excluding hydrogens is 344 g/mol. The summed E-state index contributed by atoms with van der Waals surface area (Å²) >= 11 is 0. The zero-order valence-electron chi connectivity index (χ0n) is 16.9. The maximum Gasteiger partial charge on any atom is 0.233 e. The number of amides is 3. The van der Waals surface area contributed by atoms with E-state index in [1.54, 1.807) is 0 Å². The summed E-state index contributed by atoms with van der Waals surface area (Å²) in [5, 5.41) is 3.02. The number of imide groups is 1. The Morgan fingerprint density at radius 2 is 1.81 bits per heavy atom. The lowest BCUT2D eigenvalue weighted by Crippen LogP contribution is -2.44. The first-order valence-corrected chi connectivity index (χ1v) is 10.2. The van der Waals surface area contributed by atoms with Gasteiger partial charge in [0.25, 0.3) is 0 Å². The molecule has 6 heteroatoms. The lowest BCUT2D eigenvalue weighted by molar-refractivity contribution is -0.141. The highest BCUT2D eigenvalue weighted by atomic mass is 16.5. The van der Waals surface area contributed by atoms with E-state index in [-0.39, 0.29) is 53.0 Å². The summed E-state index contributed by atoms with van der Waals surface area (Å²) < 4.78 is 5.55. The molecule has 6 nitrogen and oxygen atoms in total. The Labute approximate surface area is 161 Å². The van der Waals surface area contributed by atoms with Gasteiger partial charge in [-0.1, -0.05) is 12.2 Å². The van der Waals surface area contributed by atoms with Crippen molar-refractivity contribution in [3.63, 3.8) is 0 Å². The smallest absolute Gasteiger partial charge is 0.233 e. The highest BCUT2D eigenvalue weighted by molar-refractivity contribution is 6.06. The molecule has 0 aromatic carbocycles. The summed E-state index contributed by atoms with van der Waals surface area (Å²) in [7, 11) is 0. The van der Waals surface area contributed by atoms with Crippen LogP contribution in [-0.4, -0.2) is 47.4 Å². The quantitative estimate of drug-likeness (QED) is 0.495. The van der Waals surface area contributed by atoms with Gasteiger partial charge in [-0.2, -0.15) is 0 Å². The summed E-state index contributed by atoms with van der Waals surface area (Å²) in [4.78, 5) is 38.9. The second-order valence-corrected chi connectivity index (χ2v) is 9.03. The second-order valence-electron chi connectivity index (χ2n) is 9.03. The minimum atomic E-state index is -0.340. The minimum Gasteiger partial charge on any atom is -0.379 e. The molecule has 1 saturated carbocycles. The molecule has 0 radical (unpaired) electrons. The highest BCUT2D eigenvalue weighted by Crippen LogP contribution is 2.52. The fourth-order valence-electron chi connectivity index (χ4n) is 4.63. The van der Waals surface area contributed by atoms with Crippen LogP contribution in [0, 0.1) is 23.7 Å². The Hall–Kier alpha value is -1.69. The molecule has 1 aliphatic heterocycles. The molecule has 3 aliphatic rings. The zero-order chi connectivity index (χ0) is 19.8. The van der Waals surface area contributed by atoms with Gasteiger partial charge >= 0.3 is 0 Å². The summed E-state index contributed by atoms with van der Waals surface area (Å²) in [5.41, 5.74) is -0.340. The summed E-state index contributed by atoms with van der Waals surface area (Å²) in [6.45, 7) is 8.87. The number of hydrogen-bond acceptors (Lipinski definition) is 4. The molecule has 4 atom stereocenters. The molecule has 27 heavy (non-hydrogen) atoms. The van der Waals surface area contributed by atoms with E-state index in [4.69, 9.17) is 4.74 Å². The first kappa shape index (κ1) is 20.1. The predicted molar refractivity (Wildman–Crippen MR) is 102 cm³/mol. The van der Waals surface area contributed by atoms with Gasteiger partial charge in [0, 0.05) is 25.1 Å². The summed E-state index contributed by atoms with van der Waals surface area (Å²) in [6.07, 6.45) is 6.86. The van der Waals surface area contributed by atoms with E-state index in [2.05, 4.69) is 17.5 Å². The molecule has 0 spiro atoms. The maximum atomic E-state index is 12.6. The van der Waals surface area contributed by atoms with Gasteiger partial charge in [0.05, 0.1) is 17.9 Å². The fourth-order valence-corrected chi connectivity index (χ4v) is 4.63. The van der Waals surface area contributed by atoms with Crippen LogP contribution >= 0.6 is 0 Å². The number of nitrogens with one attached hydrogen (secondary N) is 1. The first-order chi connectivity index (χ1) is 12.7. The van der Waals surface area contributed by atoms with Crippen LogP contribution < -0.4 is 5.32 Å². The van der Waals surface area contributed by atoms with Crippen LogP contribution in [0.4, 0.5) is 0 Å². The number of allylic oxidation sites excluding steroid dienone is 2. The van der Waals surface area contributed by atoms with Crippen LogP contribution in [0.1, 0.15) is 53.4 Å². The van der Waals surface area contributed by atoms with Gasteiger partial charge in [-0.3, -0.25) is 19.3 Å². The third-order valence-electron chi connectivity index (χ3n) is 6.00. The number of ether oxygens (including phenoxy) is 1. The molecule has 0 unspecified atom stereocenters. The Kier molecular flexibility index (Phi) is 5.75. The van der Waals surface area contributed by atoms with Crippen molar-refractivity contribution >= 4 is 17.7 Å². The molecule has 3 rings (SSSR count). The molecule has 1 N–H and O–H groups in total. The molecule has 1 heterocycles. The van der Waals surface area contributed by atoms with Crippen molar-refractivity contribution < 1.29 is 19.1 Å². The van der Waals surface area contributed by atoms with Crippen molar-refractivity contribution in [1.29, 1.82) is 0 Å². The van der Waals surface area contributed by atoms with E-state index in [1.807, 2.05) is 27.7 Å². The standard InChI is InChI=1S/C21H32N2O4/c1-13(2)27-11-9-21(3,4)22-16(24)6-5-10-23-19(25)17-14-7-8-15(12-14)18(17)20(23)26/h7-8,13-15,17-18H,5-6,9-12H2,1-4H3,(H,22,24)/t14-,15+,17+,18-. The Morgan fingerprint density at radius 1 is 1.22 bits per heavy atom. The lowest BCUT2D eigenvalue weighted by Gasteiger charge is -2.27. The van der Waals surface area contributed by atoms with E-state index in [0.717, 1.165) is 12.8 Å². The molecule has 0 aromatic heterocycles. The van der Waals surface area contributed by atoms with Gasteiger partial charge in [0.15, 0.2) is 0 Å². The molecule has 2 aliphatic carbocycles. The van der Waals surface area contributed by atoms with E-state index in [1.165, 1.54) is 4.90 Å². The van der Waals surface area contributed by atoms with Crippen molar-refractivity contribution in [3.05, 3.63) is 12.2 Å². The number of nitrogens with zero attached hydrogens (tertiary/aromatic N) is 1. The van der Waals surface area contributed by atoms with Crippen LogP contribution in [0.3, 0.4) is 0 Å². The van der Waals surface area contributed by atoms with Crippen molar-refractivity contribution in [2.75, 3.05) is 13.2 Å². The van der Waals surface area contributed by atoms with Gasteiger partial charge in [0.2, 0.25) is 17.7 Å². The second kappa shape index (κ2) is 7.74. The van der Waals surface area contributed by atoms with Gasteiger partial charge in [-0.15, -0.1) is 0 Å². The Balaban J connectivity index is 1.42. The minimum absolute atomic E-state index is 0.0339. The van der Waals surface area contributed by atoms with Crippen LogP contribution in [-0.2, 0) is 19.1 Å². The van der Waals surface area contributed by atoms with E-state index >= 15 is 0 Å². The van der Waals surface area contributed by atoms with Gasteiger partial charge in [0.1, 0.15) is 0 Å². The van der Waals surface area contributed by atoms with Gasteiger partial charge in [-0.25, -0.2) is 0 Å². The number of hydrogen-bond donors (Lipinski definition) is 1. The molecule has 3 amide bonds. The van der Waals surface area contributed by atoms with E-state index < -0.39 is 0 Å². The topological polar surface area (TPSA) is 75.7 Å². The third kappa shape index (κ3) is 4.26.